The van der Waals surface area contributed by atoms with Gasteiger partial charge in [-0.05, 0) is 56.5 Å². The fourth-order valence-electron chi connectivity index (χ4n) is 7.32. The Labute approximate surface area is 165 Å². The van der Waals surface area contributed by atoms with Gasteiger partial charge < -0.3 is 19.1 Å². The van der Waals surface area contributed by atoms with Crippen molar-refractivity contribution in [3.8, 4) is 17.2 Å². The zero-order valence-electron chi connectivity index (χ0n) is 16.4. The number of fused-ring (bicyclic) bond motifs is 4. The number of hydrogen-bond donors (Lipinski definition) is 0. The van der Waals surface area contributed by atoms with Gasteiger partial charge in [0.1, 0.15) is 18.0 Å². The molecule has 3 aliphatic heterocycles. The molecule has 0 N–H and O–H groups in total. The van der Waals surface area contributed by atoms with Crippen molar-refractivity contribution >= 4 is 0 Å². The van der Waals surface area contributed by atoms with E-state index in [0.29, 0.717) is 17.9 Å². The summed E-state index contributed by atoms with van der Waals surface area (Å²) in [6, 6.07) is 13.6. The van der Waals surface area contributed by atoms with Gasteiger partial charge in [0.25, 0.3) is 0 Å². The van der Waals surface area contributed by atoms with Crippen LogP contribution in [0, 0.1) is 5.92 Å². The molecule has 1 saturated heterocycles. The number of benzene rings is 2. The summed E-state index contributed by atoms with van der Waals surface area (Å²) in [5, 5.41) is 0. The normalized spacial score (nSPS) is 38.7. The van der Waals surface area contributed by atoms with Gasteiger partial charge >= 0.3 is 0 Å². The third-order valence-corrected chi connectivity index (χ3v) is 8.43. The summed E-state index contributed by atoms with van der Waals surface area (Å²) < 4.78 is 19.1. The summed E-state index contributed by atoms with van der Waals surface area (Å²) in [5.41, 5.74) is 4.35. The number of para-hydroxylation sites is 1. The first kappa shape index (κ1) is 15.7. The maximum absolute atomic E-state index is 6.81. The molecule has 1 spiro atoms. The van der Waals surface area contributed by atoms with Crippen molar-refractivity contribution in [3.05, 3.63) is 53.1 Å². The highest BCUT2D eigenvalue weighted by molar-refractivity contribution is 5.62. The van der Waals surface area contributed by atoms with Crippen molar-refractivity contribution in [2.45, 2.75) is 48.8 Å². The highest BCUT2D eigenvalue weighted by Gasteiger charge is 2.69. The molecule has 5 aliphatic rings. The Bertz CT molecular complexity index is 1000. The molecule has 6 atom stereocenters. The second kappa shape index (κ2) is 5.04. The van der Waals surface area contributed by atoms with E-state index in [1.807, 2.05) is 0 Å². The zero-order valence-corrected chi connectivity index (χ0v) is 16.4. The predicted molar refractivity (Wildman–Crippen MR) is 106 cm³/mol. The van der Waals surface area contributed by atoms with E-state index in [9.17, 15) is 0 Å². The molecule has 28 heavy (non-hydrogen) atoms. The average Bonchev–Trinajstić information content (AvgIpc) is 3.25. The van der Waals surface area contributed by atoms with E-state index in [-0.39, 0.29) is 17.6 Å². The Kier molecular flexibility index (Phi) is 2.82. The lowest BCUT2D eigenvalue weighted by molar-refractivity contribution is -0.0924. The molecule has 144 valence electrons. The SMILES string of the molecule is COc1ccc2c3c1O[C@H]1[C@@H]4Oc5ccccc5[C@@H]4C[C@H]4[C@H](C2)N(C)CC[C@@]341. The van der Waals surface area contributed by atoms with Crippen LogP contribution in [0.1, 0.15) is 35.4 Å². The summed E-state index contributed by atoms with van der Waals surface area (Å²) in [6.45, 7) is 1.13. The quantitative estimate of drug-likeness (QED) is 0.763. The first-order valence-corrected chi connectivity index (χ1v) is 10.5. The topological polar surface area (TPSA) is 30.9 Å². The number of nitrogens with zero attached hydrogens (tertiary/aromatic N) is 1. The van der Waals surface area contributed by atoms with E-state index in [1.54, 1.807) is 7.11 Å². The molecule has 4 nitrogen and oxygen atoms in total. The van der Waals surface area contributed by atoms with Crippen LogP contribution in [0.25, 0.3) is 0 Å². The van der Waals surface area contributed by atoms with E-state index in [2.05, 4.69) is 48.3 Å². The minimum atomic E-state index is 0.0673. The molecular formula is C24H25NO3. The first-order chi connectivity index (χ1) is 13.7. The molecule has 0 amide bonds. The number of likely N-dealkylation sites (N-methyl/N-ethyl adjacent to an activating group) is 1. The maximum Gasteiger partial charge on any atom is 0.166 e. The molecule has 2 aromatic carbocycles. The van der Waals surface area contributed by atoms with Gasteiger partial charge in [0, 0.05) is 28.5 Å². The number of piperidine rings is 1. The van der Waals surface area contributed by atoms with Crippen LogP contribution in [-0.4, -0.2) is 43.9 Å². The third kappa shape index (κ3) is 1.60. The van der Waals surface area contributed by atoms with Crippen molar-refractivity contribution in [2.75, 3.05) is 20.7 Å². The molecule has 2 fully saturated rings. The number of hydrogen-bond acceptors (Lipinski definition) is 4. The van der Waals surface area contributed by atoms with Crippen molar-refractivity contribution in [1.82, 2.24) is 4.90 Å². The molecule has 2 bridgehead atoms. The Morgan fingerprint density at radius 1 is 1.14 bits per heavy atom. The van der Waals surface area contributed by atoms with E-state index >= 15 is 0 Å². The second-order valence-electron chi connectivity index (χ2n) is 9.28. The van der Waals surface area contributed by atoms with E-state index in [4.69, 9.17) is 14.2 Å². The Morgan fingerprint density at radius 3 is 2.93 bits per heavy atom. The third-order valence-electron chi connectivity index (χ3n) is 8.43. The lowest BCUT2D eigenvalue weighted by Gasteiger charge is -2.59. The van der Waals surface area contributed by atoms with Crippen molar-refractivity contribution < 1.29 is 14.2 Å². The molecule has 0 radical (unpaired) electrons. The maximum atomic E-state index is 6.81. The number of rotatable bonds is 1. The van der Waals surface area contributed by atoms with Gasteiger partial charge in [0.05, 0.1) is 7.11 Å². The molecule has 2 aromatic rings. The first-order valence-electron chi connectivity index (χ1n) is 10.5. The van der Waals surface area contributed by atoms with Crippen molar-refractivity contribution in [3.63, 3.8) is 0 Å². The average molecular weight is 375 g/mol. The number of ether oxygens (including phenoxy) is 3. The van der Waals surface area contributed by atoms with Gasteiger partial charge in [-0.15, -0.1) is 0 Å². The summed E-state index contributed by atoms with van der Waals surface area (Å²) in [6.07, 6.45) is 3.62. The van der Waals surface area contributed by atoms with E-state index in [0.717, 1.165) is 36.6 Å². The number of methoxy groups -OCH3 is 1. The molecule has 3 heterocycles. The zero-order chi connectivity index (χ0) is 18.6. The lowest BCUT2D eigenvalue weighted by atomic mass is 9.49. The standard InChI is InChI=1S/C24H25NO3/c1-25-10-9-24-16-12-15-14-5-3-4-6-18(14)27-21(15)23(24)28-22-19(26-2)8-7-13(20(22)24)11-17(16)25/h3-8,15-17,21,23H,9-12H2,1-2H3/t15-,16-,17-,21+,23-,24-/m0/s1. The smallest absolute Gasteiger partial charge is 0.166 e. The molecule has 1 saturated carbocycles. The molecule has 0 aromatic heterocycles. The molecule has 7 rings (SSSR count). The second-order valence-corrected chi connectivity index (χ2v) is 9.28. The van der Waals surface area contributed by atoms with E-state index < -0.39 is 0 Å². The summed E-state index contributed by atoms with van der Waals surface area (Å²) in [7, 11) is 4.06. The lowest BCUT2D eigenvalue weighted by Crippen LogP contribution is -2.67. The van der Waals surface area contributed by atoms with Crippen LogP contribution in [0.15, 0.2) is 36.4 Å². The van der Waals surface area contributed by atoms with Crippen molar-refractivity contribution in [2.24, 2.45) is 5.92 Å². The van der Waals surface area contributed by atoms with Crippen LogP contribution in [0.4, 0.5) is 0 Å². The highest BCUT2D eigenvalue weighted by Crippen LogP contribution is 2.67. The minimum absolute atomic E-state index is 0.0673. The fourth-order valence-corrected chi connectivity index (χ4v) is 7.32. The van der Waals surface area contributed by atoms with Crippen molar-refractivity contribution in [1.29, 1.82) is 0 Å². The number of likely N-dealkylation sites (tertiary alicyclic amines) is 1. The molecule has 0 unspecified atom stereocenters. The molecule has 2 aliphatic carbocycles. The van der Waals surface area contributed by atoms with Crippen LogP contribution in [0.3, 0.4) is 0 Å². The molecular weight excluding hydrogens is 350 g/mol. The van der Waals surface area contributed by atoms with Gasteiger partial charge in [-0.1, -0.05) is 24.3 Å². The summed E-state index contributed by atoms with van der Waals surface area (Å²) >= 11 is 0. The Hall–Kier alpha value is -2.20. The van der Waals surface area contributed by atoms with Crippen LogP contribution in [0.2, 0.25) is 0 Å². The van der Waals surface area contributed by atoms with Crippen LogP contribution in [0.5, 0.6) is 17.2 Å². The van der Waals surface area contributed by atoms with Crippen LogP contribution in [-0.2, 0) is 11.8 Å². The van der Waals surface area contributed by atoms with Gasteiger partial charge in [-0.2, -0.15) is 0 Å². The Balaban J connectivity index is 1.47. The monoisotopic (exact) mass is 375 g/mol. The van der Waals surface area contributed by atoms with E-state index in [1.165, 1.54) is 23.1 Å². The molecule has 4 heteroatoms. The van der Waals surface area contributed by atoms with Crippen LogP contribution >= 0.6 is 0 Å². The highest BCUT2D eigenvalue weighted by atomic mass is 16.6. The largest absolute Gasteiger partial charge is 0.493 e. The van der Waals surface area contributed by atoms with Gasteiger partial charge in [-0.3, -0.25) is 0 Å². The predicted octanol–water partition coefficient (Wildman–Crippen LogP) is 3.52. The van der Waals surface area contributed by atoms with Crippen LogP contribution < -0.4 is 14.2 Å². The summed E-state index contributed by atoms with van der Waals surface area (Å²) in [5.74, 6) is 3.97. The Morgan fingerprint density at radius 2 is 2.04 bits per heavy atom. The summed E-state index contributed by atoms with van der Waals surface area (Å²) in [4.78, 5) is 2.60. The van der Waals surface area contributed by atoms with Gasteiger partial charge in [0.15, 0.2) is 11.5 Å². The van der Waals surface area contributed by atoms with Gasteiger partial charge in [0.2, 0.25) is 0 Å². The fraction of sp³-hybridized carbons (Fsp3) is 0.500. The minimum Gasteiger partial charge on any atom is -0.493 e. The van der Waals surface area contributed by atoms with Gasteiger partial charge in [-0.25, -0.2) is 0 Å².